The summed E-state index contributed by atoms with van der Waals surface area (Å²) in [7, 11) is 0. The third kappa shape index (κ3) is 3.85. The highest BCUT2D eigenvalue weighted by Crippen LogP contribution is 2.24. The molecule has 0 spiro atoms. The second-order valence-electron chi connectivity index (χ2n) is 5.14. The molecule has 1 saturated carbocycles. The van der Waals surface area contributed by atoms with Crippen LogP contribution >= 0.6 is 11.6 Å². The fourth-order valence-corrected chi connectivity index (χ4v) is 2.30. The molecule has 1 heterocycles. The van der Waals surface area contributed by atoms with Gasteiger partial charge in [0.15, 0.2) is 0 Å². The molecule has 0 atom stereocenters. The van der Waals surface area contributed by atoms with Crippen LogP contribution in [0.5, 0.6) is 5.88 Å². The number of aromatic nitrogens is 1. The molecule has 1 aromatic heterocycles. The first kappa shape index (κ1) is 13.6. The minimum atomic E-state index is 0.338. The SMILES string of the molecule is CC(C)NCc1nc(OC2CCCC2)ccc1Cl. The zero-order valence-electron chi connectivity index (χ0n) is 11.1. The Morgan fingerprint density at radius 2 is 2.11 bits per heavy atom. The Hall–Kier alpha value is -0.800. The van der Waals surface area contributed by atoms with Crippen LogP contribution < -0.4 is 10.1 Å². The highest BCUT2D eigenvalue weighted by Gasteiger charge is 2.17. The van der Waals surface area contributed by atoms with Gasteiger partial charge in [-0.25, -0.2) is 4.98 Å². The van der Waals surface area contributed by atoms with Gasteiger partial charge in [-0.3, -0.25) is 0 Å². The van der Waals surface area contributed by atoms with Crippen molar-refractivity contribution in [3.05, 3.63) is 22.8 Å². The lowest BCUT2D eigenvalue weighted by molar-refractivity contribution is 0.201. The summed E-state index contributed by atoms with van der Waals surface area (Å²) in [5.74, 6) is 0.701. The molecular weight excluding hydrogens is 248 g/mol. The van der Waals surface area contributed by atoms with Crippen LogP contribution in [0.4, 0.5) is 0 Å². The van der Waals surface area contributed by atoms with Gasteiger partial charge in [-0.05, 0) is 31.7 Å². The summed E-state index contributed by atoms with van der Waals surface area (Å²) in [4.78, 5) is 4.49. The molecule has 0 unspecified atom stereocenters. The summed E-state index contributed by atoms with van der Waals surface area (Å²) in [5, 5.41) is 4.02. The molecule has 0 amide bonds. The molecule has 0 radical (unpaired) electrons. The standard InChI is InChI=1S/C14H21ClN2O/c1-10(2)16-9-13-12(15)7-8-14(17-13)18-11-5-3-4-6-11/h7-8,10-11,16H,3-6,9H2,1-2H3. The van der Waals surface area contributed by atoms with Crippen molar-refractivity contribution in [3.63, 3.8) is 0 Å². The zero-order chi connectivity index (χ0) is 13.0. The molecule has 1 fully saturated rings. The highest BCUT2D eigenvalue weighted by molar-refractivity contribution is 6.31. The van der Waals surface area contributed by atoms with Crippen molar-refractivity contribution < 1.29 is 4.74 Å². The first-order valence-corrected chi connectivity index (χ1v) is 7.08. The van der Waals surface area contributed by atoms with E-state index in [1.165, 1.54) is 12.8 Å². The van der Waals surface area contributed by atoms with Crippen molar-refractivity contribution >= 4 is 11.6 Å². The largest absolute Gasteiger partial charge is 0.474 e. The van der Waals surface area contributed by atoms with Gasteiger partial charge in [0.2, 0.25) is 5.88 Å². The summed E-state index contributed by atoms with van der Waals surface area (Å²) >= 11 is 6.14. The molecule has 0 saturated heterocycles. The summed E-state index contributed by atoms with van der Waals surface area (Å²) in [5.41, 5.74) is 0.862. The van der Waals surface area contributed by atoms with Gasteiger partial charge in [-0.15, -0.1) is 0 Å². The number of hydrogen-bond acceptors (Lipinski definition) is 3. The molecule has 1 aliphatic rings. The molecule has 2 rings (SSSR count). The Morgan fingerprint density at radius 3 is 2.78 bits per heavy atom. The summed E-state index contributed by atoms with van der Waals surface area (Å²) < 4.78 is 5.88. The molecule has 1 aliphatic carbocycles. The smallest absolute Gasteiger partial charge is 0.213 e. The third-order valence-corrected chi connectivity index (χ3v) is 3.50. The average molecular weight is 269 g/mol. The van der Waals surface area contributed by atoms with Crippen molar-refractivity contribution in [1.29, 1.82) is 0 Å². The summed E-state index contributed by atoms with van der Waals surface area (Å²) in [6.07, 6.45) is 5.15. The second kappa shape index (κ2) is 6.39. The van der Waals surface area contributed by atoms with Crippen LogP contribution in [0.15, 0.2) is 12.1 Å². The van der Waals surface area contributed by atoms with E-state index >= 15 is 0 Å². The maximum absolute atomic E-state index is 6.14. The van der Waals surface area contributed by atoms with Crippen LogP contribution in [0.3, 0.4) is 0 Å². The van der Waals surface area contributed by atoms with E-state index in [0.717, 1.165) is 18.5 Å². The number of pyridine rings is 1. The quantitative estimate of drug-likeness (QED) is 0.887. The highest BCUT2D eigenvalue weighted by atomic mass is 35.5. The number of nitrogens with one attached hydrogen (secondary N) is 1. The third-order valence-electron chi connectivity index (χ3n) is 3.16. The van der Waals surface area contributed by atoms with E-state index in [2.05, 4.69) is 24.1 Å². The molecule has 100 valence electrons. The minimum absolute atomic E-state index is 0.338. The van der Waals surface area contributed by atoms with Crippen LogP contribution in [0.1, 0.15) is 45.2 Å². The van der Waals surface area contributed by atoms with E-state index in [0.29, 0.717) is 29.6 Å². The van der Waals surface area contributed by atoms with Crippen molar-refractivity contribution in [2.75, 3.05) is 0 Å². The monoisotopic (exact) mass is 268 g/mol. The number of hydrogen-bond donors (Lipinski definition) is 1. The van der Waals surface area contributed by atoms with Crippen LogP contribution in [0.2, 0.25) is 5.02 Å². The Bertz CT molecular complexity index is 389. The molecule has 1 N–H and O–H groups in total. The Morgan fingerprint density at radius 1 is 1.39 bits per heavy atom. The molecular formula is C14H21ClN2O. The minimum Gasteiger partial charge on any atom is -0.474 e. The van der Waals surface area contributed by atoms with E-state index in [-0.39, 0.29) is 0 Å². The molecule has 0 bridgehead atoms. The van der Waals surface area contributed by atoms with Gasteiger partial charge in [0.05, 0.1) is 10.7 Å². The van der Waals surface area contributed by atoms with Gasteiger partial charge in [0.1, 0.15) is 6.10 Å². The topological polar surface area (TPSA) is 34.2 Å². The lowest BCUT2D eigenvalue weighted by Gasteiger charge is -2.14. The van der Waals surface area contributed by atoms with Crippen molar-refractivity contribution in [2.45, 2.75) is 58.2 Å². The van der Waals surface area contributed by atoms with Gasteiger partial charge in [-0.2, -0.15) is 0 Å². The van der Waals surface area contributed by atoms with Gasteiger partial charge in [0.25, 0.3) is 0 Å². The Labute approximate surface area is 114 Å². The fraction of sp³-hybridized carbons (Fsp3) is 0.643. The van der Waals surface area contributed by atoms with E-state index in [4.69, 9.17) is 16.3 Å². The zero-order valence-corrected chi connectivity index (χ0v) is 11.8. The van der Waals surface area contributed by atoms with Crippen LogP contribution in [0.25, 0.3) is 0 Å². The lowest BCUT2D eigenvalue weighted by Crippen LogP contribution is -2.23. The van der Waals surface area contributed by atoms with E-state index in [9.17, 15) is 0 Å². The lowest BCUT2D eigenvalue weighted by atomic mass is 10.3. The molecule has 3 nitrogen and oxygen atoms in total. The van der Waals surface area contributed by atoms with Crippen molar-refractivity contribution in [3.8, 4) is 5.88 Å². The molecule has 4 heteroatoms. The van der Waals surface area contributed by atoms with Crippen molar-refractivity contribution in [1.82, 2.24) is 10.3 Å². The van der Waals surface area contributed by atoms with Crippen molar-refractivity contribution in [2.24, 2.45) is 0 Å². The maximum atomic E-state index is 6.14. The second-order valence-corrected chi connectivity index (χ2v) is 5.55. The number of halogens is 1. The van der Waals surface area contributed by atoms with Gasteiger partial charge < -0.3 is 10.1 Å². The molecule has 0 aliphatic heterocycles. The first-order chi connectivity index (χ1) is 8.65. The summed E-state index contributed by atoms with van der Waals surface area (Å²) in [6, 6.07) is 4.15. The Balaban J connectivity index is 2.00. The van der Waals surface area contributed by atoms with Gasteiger partial charge in [0, 0.05) is 18.7 Å². The average Bonchev–Trinajstić information content (AvgIpc) is 2.82. The maximum Gasteiger partial charge on any atom is 0.213 e. The number of rotatable bonds is 5. The van der Waals surface area contributed by atoms with Gasteiger partial charge >= 0.3 is 0 Å². The molecule has 1 aromatic rings. The van der Waals surface area contributed by atoms with Crippen LogP contribution in [-0.4, -0.2) is 17.1 Å². The predicted molar refractivity (Wildman–Crippen MR) is 74.1 cm³/mol. The Kier molecular flexibility index (Phi) is 4.84. The van der Waals surface area contributed by atoms with Gasteiger partial charge in [-0.1, -0.05) is 25.4 Å². The van der Waals surface area contributed by atoms with E-state index in [1.54, 1.807) is 0 Å². The number of nitrogens with zero attached hydrogens (tertiary/aromatic N) is 1. The normalized spacial score (nSPS) is 16.4. The molecule has 18 heavy (non-hydrogen) atoms. The fourth-order valence-electron chi connectivity index (χ4n) is 2.13. The number of ether oxygens (including phenoxy) is 1. The first-order valence-electron chi connectivity index (χ1n) is 6.70. The molecule has 0 aromatic carbocycles. The summed E-state index contributed by atoms with van der Waals surface area (Å²) in [6.45, 7) is 4.89. The predicted octanol–water partition coefficient (Wildman–Crippen LogP) is 3.55. The van der Waals surface area contributed by atoms with E-state index < -0.39 is 0 Å². The van der Waals surface area contributed by atoms with Crippen LogP contribution in [-0.2, 0) is 6.54 Å². The van der Waals surface area contributed by atoms with Crippen LogP contribution in [0, 0.1) is 0 Å². The van der Waals surface area contributed by atoms with E-state index in [1.807, 2.05) is 12.1 Å².